The van der Waals surface area contributed by atoms with Crippen LogP contribution in [0, 0.1) is 11.3 Å². The van der Waals surface area contributed by atoms with Crippen LogP contribution in [0.3, 0.4) is 0 Å². The number of carboxylic acid groups (broad SMARTS) is 1. The van der Waals surface area contributed by atoms with Gasteiger partial charge in [-0.2, -0.15) is 5.26 Å². The van der Waals surface area contributed by atoms with Gasteiger partial charge in [0.15, 0.2) is 0 Å². The number of hydrogen-bond donors (Lipinski definition) is 3. The van der Waals surface area contributed by atoms with E-state index in [9.17, 15) is 9.59 Å². The molecule has 104 valence electrons. The molecule has 1 aliphatic rings. The number of carbonyl (C=O) groups excluding carboxylic acids is 1. The van der Waals surface area contributed by atoms with Crippen LogP contribution in [0.4, 0.5) is 10.5 Å². The molecule has 0 saturated carbocycles. The highest BCUT2D eigenvalue weighted by atomic mass is 16.4. The first-order chi connectivity index (χ1) is 9.44. The number of nitrogens with two attached hydrogens (primary N) is 1. The first kappa shape index (κ1) is 13.8. The van der Waals surface area contributed by atoms with Crippen molar-refractivity contribution in [2.75, 3.05) is 18.4 Å². The van der Waals surface area contributed by atoms with Crippen LogP contribution in [0.5, 0.6) is 0 Å². The highest BCUT2D eigenvalue weighted by Crippen LogP contribution is 2.20. The standard InChI is InChI=1S/C13H14N4O3/c14-7-9-1-3-10(4-2-9)16-12(20)17-6-5-13(15,8-17)11(18)19/h1-4H,5-6,8,15H2,(H,16,20)(H,18,19). The largest absolute Gasteiger partial charge is 0.480 e. The first-order valence-corrected chi connectivity index (χ1v) is 6.03. The predicted octanol–water partition coefficient (Wildman–Crippen LogP) is 0.578. The van der Waals surface area contributed by atoms with Gasteiger partial charge >= 0.3 is 12.0 Å². The lowest BCUT2D eigenvalue weighted by atomic mass is 10.0. The number of nitrogens with one attached hydrogen (secondary N) is 1. The minimum atomic E-state index is -1.37. The third kappa shape index (κ3) is 2.70. The summed E-state index contributed by atoms with van der Waals surface area (Å²) in [5.41, 5.74) is 5.37. The molecule has 7 nitrogen and oxygen atoms in total. The third-order valence-corrected chi connectivity index (χ3v) is 3.28. The molecule has 4 N–H and O–H groups in total. The van der Waals surface area contributed by atoms with Crippen molar-refractivity contribution < 1.29 is 14.7 Å². The van der Waals surface area contributed by atoms with E-state index in [1.807, 2.05) is 6.07 Å². The van der Waals surface area contributed by atoms with Crippen molar-refractivity contribution >= 4 is 17.7 Å². The van der Waals surface area contributed by atoms with Gasteiger partial charge in [0.2, 0.25) is 0 Å². The van der Waals surface area contributed by atoms with Gasteiger partial charge in [0, 0.05) is 12.2 Å². The molecule has 1 atom stereocenters. The Bertz CT molecular complexity index is 578. The number of amides is 2. The smallest absolute Gasteiger partial charge is 0.325 e. The van der Waals surface area contributed by atoms with Gasteiger partial charge in [0.05, 0.1) is 18.2 Å². The Morgan fingerprint density at radius 1 is 1.40 bits per heavy atom. The summed E-state index contributed by atoms with van der Waals surface area (Å²) in [7, 11) is 0. The second-order valence-corrected chi connectivity index (χ2v) is 4.75. The van der Waals surface area contributed by atoms with Crippen LogP contribution in [-0.4, -0.2) is 40.6 Å². The number of benzene rings is 1. The molecule has 1 aromatic rings. The van der Waals surface area contributed by atoms with E-state index in [-0.39, 0.29) is 13.0 Å². The molecule has 1 heterocycles. The summed E-state index contributed by atoms with van der Waals surface area (Å²) in [6.07, 6.45) is 0.225. The first-order valence-electron chi connectivity index (χ1n) is 6.03. The SMILES string of the molecule is N#Cc1ccc(NC(=O)N2CCC(N)(C(=O)O)C2)cc1. The van der Waals surface area contributed by atoms with Crippen LogP contribution in [-0.2, 0) is 4.79 Å². The Balaban J connectivity index is 1.99. The minimum Gasteiger partial charge on any atom is -0.480 e. The molecule has 0 bridgehead atoms. The van der Waals surface area contributed by atoms with Gasteiger partial charge in [-0.1, -0.05) is 0 Å². The fourth-order valence-corrected chi connectivity index (χ4v) is 2.01. The van der Waals surface area contributed by atoms with E-state index in [1.54, 1.807) is 24.3 Å². The molecule has 0 aromatic heterocycles. The number of likely N-dealkylation sites (tertiary alicyclic amines) is 1. The average molecular weight is 274 g/mol. The summed E-state index contributed by atoms with van der Waals surface area (Å²) in [6.45, 7) is 0.273. The van der Waals surface area contributed by atoms with Crippen molar-refractivity contribution in [1.82, 2.24) is 4.90 Å². The van der Waals surface area contributed by atoms with E-state index in [1.165, 1.54) is 4.90 Å². The molecule has 2 rings (SSSR count). The number of aliphatic carboxylic acids is 1. The van der Waals surface area contributed by atoms with Gasteiger partial charge in [-0.05, 0) is 30.7 Å². The van der Waals surface area contributed by atoms with Crippen molar-refractivity contribution in [3.63, 3.8) is 0 Å². The summed E-state index contributed by atoms with van der Waals surface area (Å²) < 4.78 is 0. The van der Waals surface area contributed by atoms with Crippen molar-refractivity contribution in [3.8, 4) is 6.07 Å². The highest BCUT2D eigenvalue weighted by molar-refractivity contribution is 5.91. The molecule has 0 radical (unpaired) electrons. The second kappa shape index (κ2) is 5.19. The molecule has 20 heavy (non-hydrogen) atoms. The maximum atomic E-state index is 12.0. The molecule has 1 fully saturated rings. The van der Waals surface area contributed by atoms with Crippen molar-refractivity contribution in [2.45, 2.75) is 12.0 Å². The van der Waals surface area contributed by atoms with Gasteiger partial charge < -0.3 is 21.1 Å². The van der Waals surface area contributed by atoms with E-state index in [0.717, 1.165) is 0 Å². The monoisotopic (exact) mass is 274 g/mol. The van der Waals surface area contributed by atoms with Gasteiger partial charge in [-0.3, -0.25) is 4.79 Å². The number of urea groups is 1. The van der Waals surface area contributed by atoms with Crippen molar-refractivity contribution in [1.29, 1.82) is 5.26 Å². The van der Waals surface area contributed by atoms with Crippen LogP contribution < -0.4 is 11.1 Å². The Morgan fingerprint density at radius 2 is 2.05 bits per heavy atom. The maximum Gasteiger partial charge on any atom is 0.325 e. The Labute approximate surface area is 115 Å². The third-order valence-electron chi connectivity index (χ3n) is 3.28. The average Bonchev–Trinajstić information content (AvgIpc) is 2.84. The molecule has 2 amide bonds. The van der Waals surface area contributed by atoms with Crippen LogP contribution >= 0.6 is 0 Å². The maximum absolute atomic E-state index is 12.0. The predicted molar refractivity (Wildman–Crippen MR) is 70.9 cm³/mol. The summed E-state index contributed by atoms with van der Waals surface area (Å²) in [4.78, 5) is 24.4. The fraction of sp³-hybridized carbons (Fsp3) is 0.308. The number of hydrogen-bond acceptors (Lipinski definition) is 4. The summed E-state index contributed by atoms with van der Waals surface area (Å²) in [6, 6.07) is 7.98. The lowest BCUT2D eigenvalue weighted by molar-refractivity contribution is -0.142. The van der Waals surface area contributed by atoms with E-state index >= 15 is 0 Å². The lowest BCUT2D eigenvalue weighted by Crippen LogP contribution is -2.51. The normalized spacial score (nSPS) is 21.3. The van der Waals surface area contributed by atoms with Crippen LogP contribution in [0.1, 0.15) is 12.0 Å². The number of nitriles is 1. The number of anilines is 1. The Kier molecular flexibility index (Phi) is 3.59. The van der Waals surface area contributed by atoms with E-state index in [4.69, 9.17) is 16.1 Å². The molecule has 1 aromatic carbocycles. The van der Waals surface area contributed by atoms with Gasteiger partial charge in [0.1, 0.15) is 5.54 Å². The molecule has 1 unspecified atom stereocenters. The molecule has 0 spiro atoms. The molecular weight excluding hydrogens is 260 g/mol. The van der Waals surface area contributed by atoms with Gasteiger partial charge in [-0.15, -0.1) is 0 Å². The number of carbonyl (C=O) groups is 2. The number of rotatable bonds is 2. The van der Waals surface area contributed by atoms with Crippen LogP contribution in [0.15, 0.2) is 24.3 Å². The van der Waals surface area contributed by atoms with Gasteiger partial charge in [0.25, 0.3) is 0 Å². The zero-order valence-electron chi connectivity index (χ0n) is 10.7. The summed E-state index contributed by atoms with van der Waals surface area (Å²) >= 11 is 0. The van der Waals surface area contributed by atoms with E-state index in [2.05, 4.69) is 5.32 Å². The summed E-state index contributed by atoms with van der Waals surface area (Å²) in [5, 5.41) is 20.3. The molecule has 1 aliphatic heterocycles. The Hall–Kier alpha value is -2.59. The zero-order chi connectivity index (χ0) is 14.8. The van der Waals surface area contributed by atoms with Gasteiger partial charge in [-0.25, -0.2) is 4.79 Å². The van der Waals surface area contributed by atoms with E-state index in [0.29, 0.717) is 17.8 Å². The Morgan fingerprint density at radius 3 is 2.55 bits per heavy atom. The fourth-order valence-electron chi connectivity index (χ4n) is 2.01. The zero-order valence-corrected chi connectivity index (χ0v) is 10.7. The summed E-state index contributed by atoms with van der Waals surface area (Å²) in [5.74, 6) is -1.11. The second-order valence-electron chi connectivity index (χ2n) is 4.75. The number of nitrogens with zero attached hydrogens (tertiary/aromatic N) is 2. The topological polar surface area (TPSA) is 119 Å². The van der Waals surface area contributed by atoms with E-state index < -0.39 is 17.5 Å². The molecule has 0 aliphatic carbocycles. The molecule has 7 heteroatoms. The minimum absolute atomic E-state index is 0.0234. The molecule has 1 saturated heterocycles. The van der Waals surface area contributed by atoms with Crippen molar-refractivity contribution in [2.24, 2.45) is 5.73 Å². The van der Waals surface area contributed by atoms with Crippen LogP contribution in [0.2, 0.25) is 0 Å². The quantitative estimate of drug-likeness (QED) is 0.728. The number of carboxylic acids is 1. The highest BCUT2D eigenvalue weighted by Gasteiger charge is 2.42. The van der Waals surface area contributed by atoms with Crippen LogP contribution in [0.25, 0.3) is 0 Å². The molecular formula is C13H14N4O3. The van der Waals surface area contributed by atoms with Crippen molar-refractivity contribution in [3.05, 3.63) is 29.8 Å². The lowest BCUT2D eigenvalue weighted by Gasteiger charge is -2.20.